The van der Waals surface area contributed by atoms with E-state index < -0.39 is 0 Å². The molecule has 1 aliphatic rings. The number of nitrogens with zero attached hydrogens (tertiary/aromatic N) is 1. The second kappa shape index (κ2) is 7.83. The fourth-order valence-corrected chi connectivity index (χ4v) is 2.88. The van der Waals surface area contributed by atoms with E-state index in [1.807, 2.05) is 24.3 Å². The molecule has 0 saturated carbocycles. The van der Waals surface area contributed by atoms with Crippen LogP contribution in [0.2, 0.25) is 0 Å². The second-order valence-corrected chi connectivity index (χ2v) is 6.16. The van der Waals surface area contributed by atoms with Crippen LogP contribution >= 0.6 is 0 Å². The summed E-state index contributed by atoms with van der Waals surface area (Å²) in [5.74, 6) is 0.238. The van der Waals surface area contributed by atoms with Gasteiger partial charge < -0.3 is 15.0 Å². The monoisotopic (exact) mass is 338 g/mol. The minimum atomic E-state index is -0.234. The predicted octanol–water partition coefficient (Wildman–Crippen LogP) is 3.51. The van der Waals surface area contributed by atoms with Crippen molar-refractivity contribution in [3.63, 3.8) is 0 Å². The molecular weight excluding hydrogens is 316 g/mol. The lowest BCUT2D eigenvalue weighted by Crippen LogP contribution is -2.20. The highest BCUT2D eigenvalue weighted by Crippen LogP contribution is 2.22. The summed E-state index contributed by atoms with van der Waals surface area (Å²) >= 11 is 0. The van der Waals surface area contributed by atoms with Crippen molar-refractivity contribution in [3.8, 4) is 5.75 Å². The van der Waals surface area contributed by atoms with Gasteiger partial charge in [-0.2, -0.15) is 0 Å². The zero-order valence-corrected chi connectivity index (χ0v) is 14.3. The molecule has 0 bridgehead atoms. The van der Waals surface area contributed by atoms with Gasteiger partial charge in [-0.3, -0.25) is 9.59 Å². The standard InChI is InChI=1S/C20H22N2O3/c1-15(23)16-5-4-6-19(13-16)25-14-20(24)21-17-7-9-18(10-8-17)22-11-2-3-12-22/h4-10,13H,2-3,11-12,14H2,1H3,(H,21,24). The van der Waals surface area contributed by atoms with Crippen LogP contribution in [-0.4, -0.2) is 31.4 Å². The van der Waals surface area contributed by atoms with Crippen LogP contribution in [0.5, 0.6) is 5.75 Å². The lowest BCUT2D eigenvalue weighted by Gasteiger charge is -2.17. The number of ether oxygens (including phenoxy) is 1. The molecule has 5 heteroatoms. The van der Waals surface area contributed by atoms with E-state index in [4.69, 9.17) is 4.74 Å². The summed E-state index contributed by atoms with van der Waals surface area (Å²) in [6, 6.07) is 14.7. The van der Waals surface area contributed by atoms with Crippen molar-refractivity contribution in [2.75, 3.05) is 29.9 Å². The van der Waals surface area contributed by atoms with Crippen molar-refractivity contribution in [3.05, 3.63) is 54.1 Å². The summed E-state index contributed by atoms with van der Waals surface area (Å²) in [4.78, 5) is 25.7. The Kier molecular flexibility index (Phi) is 5.33. The third-order valence-corrected chi connectivity index (χ3v) is 4.23. The van der Waals surface area contributed by atoms with Crippen molar-refractivity contribution in [2.45, 2.75) is 19.8 Å². The Balaban J connectivity index is 1.52. The number of nitrogens with one attached hydrogen (secondary N) is 1. The molecular formula is C20H22N2O3. The van der Waals surface area contributed by atoms with Crippen molar-refractivity contribution < 1.29 is 14.3 Å². The lowest BCUT2D eigenvalue weighted by atomic mass is 10.1. The van der Waals surface area contributed by atoms with Crippen LogP contribution in [0, 0.1) is 0 Å². The number of carbonyl (C=O) groups excluding carboxylic acids is 2. The van der Waals surface area contributed by atoms with Gasteiger partial charge in [-0.1, -0.05) is 12.1 Å². The van der Waals surface area contributed by atoms with E-state index in [0.29, 0.717) is 11.3 Å². The van der Waals surface area contributed by atoms with E-state index in [2.05, 4.69) is 10.2 Å². The first-order valence-corrected chi connectivity index (χ1v) is 8.50. The number of carbonyl (C=O) groups is 2. The molecule has 1 fully saturated rings. The van der Waals surface area contributed by atoms with Crippen LogP contribution in [0.1, 0.15) is 30.1 Å². The number of amides is 1. The zero-order valence-electron chi connectivity index (χ0n) is 14.3. The van der Waals surface area contributed by atoms with Crippen LogP contribution in [0.4, 0.5) is 11.4 Å². The minimum Gasteiger partial charge on any atom is -0.484 e. The zero-order chi connectivity index (χ0) is 17.6. The molecule has 5 nitrogen and oxygen atoms in total. The molecule has 3 rings (SSSR count). The quantitative estimate of drug-likeness (QED) is 0.819. The van der Waals surface area contributed by atoms with E-state index in [9.17, 15) is 9.59 Å². The Morgan fingerprint density at radius 3 is 2.48 bits per heavy atom. The van der Waals surface area contributed by atoms with Crippen LogP contribution in [0.15, 0.2) is 48.5 Å². The SMILES string of the molecule is CC(=O)c1cccc(OCC(=O)Nc2ccc(N3CCCC3)cc2)c1. The number of hydrogen-bond acceptors (Lipinski definition) is 4. The summed E-state index contributed by atoms with van der Waals surface area (Å²) in [7, 11) is 0. The number of benzene rings is 2. The maximum Gasteiger partial charge on any atom is 0.262 e. The fraction of sp³-hybridized carbons (Fsp3) is 0.300. The summed E-state index contributed by atoms with van der Waals surface area (Å²) in [5, 5.41) is 2.82. The van der Waals surface area contributed by atoms with Gasteiger partial charge >= 0.3 is 0 Å². The van der Waals surface area contributed by atoms with Crippen molar-refractivity contribution in [1.29, 1.82) is 0 Å². The van der Waals surface area contributed by atoms with Gasteiger partial charge in [0.15, 0.2) is 12.4 Å². The number of anilines is 2. The van der Waals surface area contributed by atoms with Gasteiger partial charge in [-0.25, -0.2) is 0 Å². The molecule has 1 aliphatic heterocycles. The predicted molar refractivity (Wildman–Crippen MR) is 98.5 cm³/mol. The lowest BCUT2D eigenvalue weighted by molar-refractivity contribution is -0.118. The minimum absolute atomic E-state index is 0.0343. The van der Waals surface area contributed by atoms with Gasteiger partial charge in [0, 0.05) is 30.0 Å². The van der Waals surface area contributed by atoms with Gasteiger partial charge in [0.25, 0.3) is 5.91 Å². The molecule has 1 saturated heterocycles. The molecule has 2 aromatic rings. The molecule has 1 amide bonds. The Labute approximate surface area is 147 Å². The van der Waals surface area contributed by atoms with Crippen LogP contribution in [0.3, 0.4) is 0 Å². The van der Waals surface area contributed by atoms with E-state index in [1.54, 1.807) is 24.3 Å². The van der Waals surface area contributed by atoms with Gasteiger partial charge in [0.1, 0.15) is 5.75 Å². The number of ketones is 1. The highest BCUT2D eigenvalue weighted by molar-refractivity contribution is 5.94. The van der Waals surface area contributed by atoms with E-state index in [-0.39, 0.29) is 18.3 Å². The maximum absolute atomic E-state index is 12.0. The first-order valence-electron chi connectivity index (χ1n) is 8.50. The molecule has 25 heavy (non-hydrogen) atoms. The van der Waals surface area contributed by atoms with Gasteiger partial charge in [-0.15, -0.1) is 0 Å². The molecule has 0 aliphatic carbocycles. The number of hydrogen-bond donors (Lipinski definition) is 1. The Bertz CT molecular complexity index is 750. The average molecular weight is 338 g/mol. The first-order chi connectivity index (χ1) is 12.1. The number of Topliss-reactive ketones (excluding diaryl/α,β-unsaturated/α-hetero) is 1. The molecule has 0 aromatic heterocycles. The van der Waals surface area contributed by atoms with Gasteiger partial charge in [0.2, 0.25) is 0 Å². The smallest absolute Gasteiger partial charge is 0.262 e. The van der Waals surface area contributed by atoms with Crippen molar-refractivity contribution in [1.82, 2.24) is 0 Å². The molecule has 130 valence electrons. The maximum atomic E-state index is 12.0. The third-order valence-electron chi connectivity index (χ3n) is 4.23. The molecule has 1 heterocycles. The molecule has 0 atom stereocenters. The van der Waals surface area contributed by atoms with Crippen LogP contribution < -0.4 is 15.0 Å². The summed E-state index contributed by atoms with van der Waals surface area (Å²) < 4.78 is 5.46. The summed E-state index contributed by atoms with van der Waals surface area (Å²) in [5.41, 5.74) is 2.50. The first kappa shape index (κ1) is 17.0. The van der Waals surface area contributed by atoms with Crippen LogP contribution in [0.25, 0.3) is 0 Å². The molecule has 0 radical (unpaired) electrons. The Hall–Kier alpha value is -2.82. The normalized spacial score (nSPS) is 13.6. The third kappa shape index (κ3) is 4.59. The van der Waals surface area contributed by atoms with Crippen LogP contribution in [-0.2, 0) is 4.79 Å². The largest absolute Gasteiger partial charge is 0.484 e. The highest BCUT2D eigenvalue weighted by atomic mass is 16.5. The molecule has 0 spiro atoms. The van der Waals surface area contributed by atoms with Crippen molar-refractivity contribution in [2.24, 2.45) is 0 Å². The van der Waals surface area contributed by atoms with Gasteiger partial charge in [0.05, 0.1) is 0 Å². The van der Waals surface area contributed by atoms with E-state index >= 15 is 0 Å². The van der Waals surface area contributed by atoms with E-state index in [0.717, 1.165) is 18.8 Å². The molecule has 2 aromatic carbocycles. The van der Waals surface area contributed by atoms with Crippen molar-refractivity contribution >= 4 is 23.1 Å². The second-order valence-electron chi connectivity index (χ2n) is 6.16. The Morgan fingerprint density at radius 2 is 1.80 bits per heavy atom. The summed E-state index contributed by atoms with van der Waals surface area (Å²) in [6.45, 7) is 3.59. The topological polar surface area (TPSA) is 58.6 Å². The number of rotatable bonds is 6. The van der Waals surface area contributed by atoms with E-state index in [1.165, 1.54) is 25.5 Å². The average Bonchev–Trinajstić information content (AvgIpc) is 3.15. The Morgan fingerprint density at radius 1 is 1.08 bits per heavy atom. The highest BCUT2D eigenvalue weighted by Gasteiger charge is 2.12. The fourth-order valence-electron chi connectivity index (χ4n) is 2.88. The van der Waals surface area contributed by atoms with Gasteiger partial charge in [-0.05, 0) is 56.2 Å². The summed E-state index contributed by atoms with van der Waals surface area (Å²) in [6.07, 6.45) is 2.47. The molecule has 0 unspecified atom stereocenters. The molecule has 1 N–H and O–H groups in total.